The molecule has 0 spiro atoms. The maximum absolute atomic E-state index is 12.7. The second-order valence-electron chi connectivity index (χ2n) is 7.50. The van der Waals surface area contributed by atoms with Crippen LogP contribution in [0.15, 0.2) is 106 Å². The summed E-state index contributed by atoms with van der Waals surface area (Å²) in [5, 5.41) is 25.2. The van der Waals surface area contributed by atoms with Gasteiger partial charge in [-0.2, -0.15) is 0 Å². The lowest BCUT2D eigenvalue weighted by Gasteiger charge is -2.30. The summed E-state index contributed by atoms with van der Waals surface area (Å²) in [5.74, 6) is 0. The molecule has 0 bridgehead atoms. The highest BCUT2D eigenvalue weighted by Gasteiger charge is 2.37. The first-order valence-electron chi connectivity index (χ1n) is 9.98. The van der Waals surface area contributed by atoms with Crippen molar-refractivity contribution >= 4 is 27.4 Å². The highest BCUT2D eigenvalue weighted by Crippen LogP contribution is 2.41. The molecule has 0 aliphatic rings. The van der Waals surface area contributed by atoms with Crippen LogP contribution in [0.2, 0.25) is 0 Å². The fourth-order valence-electron chi connectivity index (χ4n) is 4.17. The van der Waals surface area contributed by atoms with E-state index in [4.69, 9.17) is 4.42 Å². The average Bonchev–Trinajstić information content (AvgIpc) is 2.84. The maximum atomic E-state index is 12.7. The third-order valence-electron chi connectivity index (χ3n) is 5.72. The molecule has 6 heteroatoms. The zero-order chi connectivity index (χ0) is 22.3. The van der Waals surface area contributed by atoms with Crippen LogP contribution in [0.1, 0.15) is 16.7 Å². The van der Waals surface area contributed by atoms with Gasteiger partial charge < -0.3 is 9.52 Å². The molecule has 0 aliphatic heterocycles. The number of para-hydroxylation sites is 1. The Labute approximate surface area is 182 Å². The van der Waals surface area contributed by atoms with Gasteiger partial charge in [0, 0.05) is 23.1 Å². The highest BCUT2D eigenvalue weighted by atomic mass is 16.6. The largest absolute Gasteiger partial charge is 0.422 e. The minimum absolute atomic E-state index is 0.0837. The summed E-state index contributed by atoms with van der Waals surface area (Å²) in [6.07, 6.45) is 0. The lowest BCUT2D eigenvalue weighted by molar-refractivity contribution is -0.384. The number of aliphatic hydroxyl groups is 1. The predicted octanol–water partition coefficient (Wildman–Crippen LogP) is 5.14. The molecule has 6 nitrogen and oxygen atoms in total. The predicted molar refractivity (Wildman–Crippen MR) is 122 cm³/mol. The molecule has 1 unspecified atom stereocenters. The van der Waals surface area contributed by atoms with E-state index in [-0.39, 0.29) is 11.3 Å². The summed E-state index contributed by atoms with van der Waals surface area (Å²) < 4.78 is 5.73. The standard InChI is InChI=1S/C26H17NO5/c28-25-22-10-5-4-9-20(22)21-11-6-12-23(24(21)32-25)26(29,17-7-2-1-3-8-17)18-13-15-19(16-14-18)27(30)31/h1-16,29H. The summed E-state index contributed by atoms with van der Waals surface area (Å²) in [6, 6.07) is 27.2. The third kappa shape index (κ3) is 2.97. The topological polar surface area (TPSA) is 93.6 Å². The Kier molecular flexibility index (Phi) is 4.57. The summed E-state index contributed by atoms with van der Waals surface area (Å²) in [4.78, 5) is 23.4. The Bertz CT molecular complexity index is 1520. The van der Waals surface area contributed by atoms with Crippen molar-refractivity contribution in [2.24, 2.45) is 0 Å². The molecule has 156 valence electrons. The van der Waals surface area contributed by atoms with E-state index in [2.05, 4.69) is 0 Å². The minimum Gasteiger partial charge on any atom is -0.422 e. The molecule has 1 heterocycles. The van der Waals surface area contributed by atoms with Crippen LogP contribution in [0.25, 0.3) is 21.7 Å². The van der Waals surface area contributed by atoms with E-state index in [0.29, 0.717) is 27.5 Å². The van der Waals surface area contributed by atoms with Crippen molar-refractivity contribution in [2.75, 3.05) is 0 Å². The molecule has 1 aromatic heterocycles. The van der Waals surface area contributed by atoms with Crippen LogP contribution in [0.5, 0.6) is 0 Å². The lowest BCUT2D eigenvalue weighted by Crippen LogP contribution is -2.29. The van der Waals surface area contributed by atoms with Crippen LogP contribution in [0.4, 0.5) is 5.69 Å². The normalized spacial score (nSPS) is 13.2. The molecule has 0 radical (unpaired) electrons. The second-order valence-corrected chi connectivity index (χ2v) is 7.50. The van der Waals surface area contributed by atoms with E-state index >= 15 is 0 Å². The molecular weight excluding hydrogens is 406 g/mol. The molecule has 1 N–H and O–H groups in total. The number of nitro groups is 1. The second kappa shape index (κ2) is 7.44. The number of benzene rings is 4. The van der Waals surface area contributed by atoms with Crippen molar-refractivity contribution in [1.29, 1.82) is 0 Å². The van der Waals surface area contributed by atoms with Crippen molar-refractivity contribution in [1.82, 2.24) is 0 Å². The van der Waals surface area contributed by atoms with E-state index in [1.54, 1.807) is 48.5 Å². The van der Waals surface area contributed by atoms with Gasteiger partial charge in [0.1, 0.15) is 11.2 Å². The van der Waals surface area contributed by atoms with Gasteiger partial charge >= 0.3 is 5.63 Å². The van der Waals surface area contributed by atoms with Crippen LogP contribution in [0.3, 0.4) is 0 Å². The number of rotatable bonds is 4. The molecular formula is C26H17NO5. The number of hydrogen-bond acceptors (Lipinski definition) is 5. The van der Waals surface area contributed by atoms with Gasteiger partial charge in [-0.3, -0.25) is 10.1 Å². The fourth-order valence-corrected chi connectivity index (χ4v) is 4.17. The van der Waals surface area contributed by atoms with Gasteiger partial charge in [-0.25, -0.2) is 4.79 Å². The van der Waals surface area contributed by atoms with Gasteiger partial charge in [-0.1, -0.05) is 66.7 Å². The Morgan fingerprint density at radius 2 is 1.31 bits per heavy atom. The van der Waals surface area contributed by atoms with Crippen LogP contribution < -0.4 is 5.63 Å². The number of nitrogens with zero attached hydrogens (tertiary/aromatic N) is 1. The van der Waals surface area contributed by atoms with Gasteiger partial charge in [-0.15, -0.1) is 0 Å². The van der Waals surface area contributed by atoms with Gasteiger partial charge in [0.2, 0.25) is 0 Å². The van der Waals surface area contributed by atoms with Crippen molar-refractivity contribution in [3.8, 4) is 0 Å². The molecule has 1 atom stereocenters. The monoisotopic (exact) mass is 423 g/mol. The fraction of sp³-hybridized carbons (Fsp3) is 0.0385. The third-order valence-corrected chi connectivity index (χ3v) is 5.72. The summed E-state index contributed by atoms with van der Waals surface area (Å²) in [6.45, 7) is 0. The van der Waals surface area contributed by atoms with Crippen LogP contribution >= 0.6 is 0 Å². The van der Waals surface area contributed by atoms with E-state index in [0.717, 1.165) is 5.39 Å². The summed E-state index contributed by atoms with van der Waals surface area (Å²) >= 11 is 0. The van der Waals surface area contributed by atoms with Crippen LogP contribution in [-0.2, 0) is 5.60 Å². The Morgan fingerprint density at radius 3 is 2.00 bits per heavy atom. The van der Waals surface area contributed by atoms with Crippen molar-refractivity contribution in [2.45, 2.75) is 5.60 Å². The first-order valence-corrected chi connectivity index (χ1v) is 9.98. The number of fused-ring (bicyclic) bond motifs is 3. The molecule has 0 saturated heterocycles. The number of non-ortho nitro benzene ring substituents is 1. The van der Waals surface area contributed by atoms with E-state index < -0.39 is 16.1 Å². The van der Waals surface area contributed by atoms with Gasteiger partial charge in [0.25, 0.3) is 5.69 Å². The first-order chi connectivity index (χ1) is 15.5. The summed E-state index contributed by atoms with van der Waals surface area (Å²) in [7, 11) is 0. The first kappa shape index (κ1) is 19.7. The molecule has 5 aromatic rings. The van der Waals surface area contributed by atoms with Gasteiger partial charge in [0.15, 0.2) is 0 Å². The lowest BCUT2D eigenvalue weighted by atomic mass is 9.79. The van der Waals surface area contributed by atoms with Gasteiger partial charge in [0.05, 0.1) is 10.3 Å². The Morgan fingerprint density at radius 1 is 0.719 bits per heavy atom. The molecule has 0 amide bonds. The molecule has 0 saturated carbocycles. The van der Waals surface area contributed by atoms with E-state index in [9.17, 15) is 20.0 Å². The Hall–Kier alpha value is -4.29. The van der Waals surface area contributed by atoms with Crippen molar-refractivity contribution in [3.05, 3.63) is 134 Å². The zero-order valence-corrected chi connectivity index (χ0v) is 16.8. The van der Waals surface area contributed by atoms with Crippen molar-refractivity contribution in [3.63, 3.8) is 0 Å². The number of hydrogen-bond donors (Lipinski definition) is 1. The molecule has 0 aliphatic carbocycles. The highest BCUT2D eigenvalue weighted by molar-refractivity contribution is 6.05. The quantitative estimate of drug-likeness (QED) is 0.142. The van der Waals surface area contributed by atoms with Crippen molar-refractivity contribution < 1.29 is 14.4 Å². The summed E-state index contributed by atoms with van der Waals surface area (Å²) in [5.41, 5.74) is -0.707. The SMILES string of the molecule is O=c1oc2c(C(O)(c3ccccc3)c3ccc([N+](=O)[O-])cc3)cccc2c2ccccc12. The minimum atomic E-state index is -1.71. The van der Waals surface area contributed by atoms with Crippen LogP contribution in [0, 0.1) is 10.1 Å². The molecule has 32 heavy (non-hydrogen) atoms. The molecule has 5 rings (SSSR count). The molecule has 4 aromatic carbocycles. The zero-order valence-electron chi connectivity index (χ0n) is 16.8. The smallest absolute Gasteiger partial charge is 0.344 e. The maximum Gasteiger partial charge on any atom is 0.344 e. The van der Waals surface area contributed by atoms with E-state index in [1.807, 2.05) is 24.3 Å². The Balaban J connectivity index is 1.87. The average molecular weight is 423 g/mol. The number of nitro benzene ring substituents is 1. The van der Waals surface area contributed by atoms with Gasteiger partial charge in [-0.05, 0) is 34.7 Å². The molecule has 0 fully saturated rings. The van der Waals surface area contributed by atoms with Crippen LogP contribution in [-0.4, -0.2) is 10.0 Å². The van der Waals surface area contributed by atoms with E-state index in [1.165, 1.54) is 24.3 Å².